The average molecular weight is 542 g/mol. The zero-order valence-electron chi connectivity index (χ0n) is 22.6. The molecule has 3 aromatic rings. The summed E-state index contributed by atoms with van der Waals surface area (Å²) in [6, 6.07) is 25.0. The lowest BCUT2D eigenvalue weighted by Crippen LogP contribution is -2.52. The Morgan fingerprint density at radius 2 is 1.52 bits per heavy atom. The molecule has 0 spiro atoms. The monoisotopic (exact) mass is 541 g/mol. The molecule has 0 aromatic heterocycles. The number of benzene rings is 3. The second-order valence-electron chi connectivity index (χ2n) is 9.86. The molecule has 8 heteroatoms. The minimum Gasteiger partial charge on any atom is -0.514 e. The van der Waals surface area contributed by atoms with E-state index in [1.165, 1.54) is 0 Å². The fourth-order valence-electron chi connectivity index (χ4n) is 4.48. The molecule has 8 nitrogen and oxygen atoms in total. The van der Waals surface area contributed by atoms with Crippen LogP contribution in [-0.2, 0) is 25.6 Å². The van der Waals surface area contributed by atoms with E-state index in [1.54, 1.807) is 55.5 Å². The van der Waals surface area contributed by atoms with Crippen molar-refractivity contribution in [3.05, 3.63) is 119 Å². The highest BCUT2D eigenvalue weighted by atomic mass is 16.6. The van der Waals surface area contributed by atoms with Crippen LogP contribution in [0.1, 0.15) is 44.3 Å². The Hall–Kier alpha value is -4.45. The molecule has 1 fully saturated rings. The van der Waals surface area contributed by atoms with Gasteiger partial charge in [-0.15, -0.1) is 0 Å². The van der Waals surface area contributed by atoms with E-state index in [1.807, 2.05) is 50.2 Å². The molecule has 4 rings (SSSR count). The predicted octanol–water partition coefficient (Wildman–Crippen LogP) is 5.39. The number of carbonyl (C=O) groups is 2. The maximum Gasteiger partial charge on any atom is 0.338 e. The summed E-state index contributed by atoms with van der Waals surface area (Å²) in [6.45, 7) is 5.25. The van der Waals surface area contributed by atoms with Crippen LogP contribution in [0.4, 0.5) is 0 Å². The standard InChI is InChI=1S/C32H31NO7/c1-21-9-13-24(14-10-21)30(35)38-20-27-32(3,40-31(36)25-15-11-22(2)12-16-25)29(28(39-27)26(17-33)18-34)37-19-23-7-5-4-6-8-23/h4-16,18,27-29,34H,19-20H2,1-3H3/b26-18+/t27?,28?,29-,32+/m0/s1. The molecule has 1 aliphatic heterocycles. The molecule has 0 saturated carbocycles. The second kappa shape index (κ2) is 12.6. The van der Waals surface area contributed by atoms with Gasteiger partial charge in [0, 0.05) is 0 Å². The molecule has 0 aliphatic carbocycles. The first-order valence-corrected chi connectivity index (χ1v) is 12.8. The van der Waals surface area contributed by atoms with Gasteiger partial charge < -0.3 is 24.1 Å². The third-order valence-electron chi connectivity index (χ3n) is 6.89. The van der Waals surface area contributed by atoms with Crippen molar-refractivity contribution in [1.82, 2.24) is 0 Å². The van der Waals surface area contributed by atoms with Crippen molar-refractivity contribution < 1.29 is 33.6 Å². The van der Waals surface area contributed by atoms with Gasteiger partial charge in [0.25, 0.3) is 0 Å². The van der Waals surface area contributed by atoms with Gasteiger partial charge in [-0.25, -0.2) is 9.59 Å². The molecule has 40 heavy (non-hydrogen) atoms. The largest absolute Gasteiger partial charge is 0.514 e. The number of aryl methyl sites for hydroxylation is 2. The first kappa shape index (κ1) is 28.6. The van der Waals surface area contributed by atoms with E-state index < -0.39 is 35.9 Å². The van der Waals surface area contributed by atoms with Gasteiger partial charge in [-0.05, 0) is 50.6 Å². The highest BCUT2D eigenvalue weighted by Crippen LogP contribution is 2.40. The van der Waals surface area contributed by atoms with E-state index in [2.05, 4.69) is 0 Å². The van der Waals surface area contributed by atoms with Crippen LogP contribution < -0.4 is 0 Å². The Balaban J connectivity index is 1.65. The van der Waals surface area contributed by atoms with Gasteiger partial charge in [0.2, 0.25) is 0 Å². The number of nitrogens with zero attached hydrogens (tertiary/aromatic N) is 1. The number of esters is 2. The lowest BCUT2D eigenvalue weighted by atomic mass is 9.90. The zero-order valence-corrected chi connectivity index (χ0v) is 22.6. The van der Waals surface area contributed by atoms with Crippen molar-refractivity contribution in [3.8, 4) is 6.07 Å². The molecule has 0 bridgehead atoms. The van der Waals surface area contributed by atoms with Crippen molar-refractivity contribution in [3.63, 3.8) is 0 Å². The quantitative estimate of drug-likeness (QED) is 0.218. The van der Waals surface area contributed by atoms with Crippen molar-refractivity contribution in [2.45, 2.75) is 51.3 Å². The fourth-order valence-corrected chi connectivity index (χ4v) is 4.48. The summed E-state index contributed by atoms with van der Waals surface area (Å²) in [5.41, 5.74) is 1.84. The number of aliphatic hydroxyl groups is 1. The minimum atomic E-state index is -1.51. The first-order valence-electron chi connectivity index (χ1n) is 12.8. The summed E-state index contributed by atoms with van der Waals surface area (Å²) in [7, 11) is 0. The molecular weight excluding hydrogens is 510 g/mol. The first-order chi connectivity index (χ1) is 19.2. The summed E-state index contributed by atoms with van der Waals surface area (Å²) in [6.07, 6.45) is -2.50. The fraction of sp³-hybridized carbons (Fsp3) is 0.281. The van der Waals surface area contributed by atoms with Gasteiger partial charge in [0.1, 0.15) is 31.0 Å². The third kappa shape index (κ3) is 6.40. The molecule has 1 N–H and O–H groups in total. The second-order valence-corrected chi connectivity index (χ2v) is 9.86. The van der Waals surface area contributed by atoms with Crippen LogP contribution in [0.2, 0.25) is 0 Å². The van der Waals surface area contributed by atoms with E-state index in [0.29, 0.717) is 17.4 Å². The molecule has 0 amide bonds. The minimum absolute atomic E-state index is 0.114. The highest BCUT2D eigenvalue weighted by molar-refractivity contribution is 5.90. The number of aliphatic hydroxyl groups excluding tert-OH is 1. The Labute approximate surface area is 233 Å². The van der Waals surface area contributed by atoms with Crippen LogP contribution >= 0.6 is 0 Å². The molecule has 1 saturated heterocycles. The molecule has 3 aromatic carbocycles. The smallest absolute Gasteiger partial charge is 0.338 e. The Morgan fingerprint density at radius 1 is 0.950 bits per heavy atom. The molecule has 206 valence electrons. The van der Waals surface area contributed by atoms with Crippen molar-refractivity contribution in [2.24, 2.45) is 0 Å². The van der Waals surface area contributed by atoms with Crippen LogP contribution in [0.3, 0.4) is 0 Å². The Bertz CT molecular complexity index is 1390. The summed E-state index contributed by atoms with van der Waals surface area (Å²) < 4.78 is 24.0. The molecule has 0 radical (unpaired) electrons. The SMILES string of the molecule is Cc1ccc(C(=O)OCC2OC(/C(C#N)=C/O)[C@H](OCc3ccccc3)[C@]2(C)OC(=O)c2ccc(C)cc2)cc1. The highest BCUT2D eigenvalue weighted by Gasteiger charge is 2.59. The number of ether oxygens (including phenoxy) is 4. The summed E-state index contributed by atoms with van der Waals surface area (Å²) >= 11 is 0. The van der Waals surface area contributed by atoms with Crippen LogP contribution in [0, 0.1) is 25.2 Å². The number of nitriles is 1. The predicted molar refractivity (Wildman–Crippen MR) is 146 cm³/mol. The van der Waals surface area contributed by atoms with E-state index in [9.17, 15) is 20.0 Å². The topological polar surface area (TPSA) is 115 Å². The lowest BCUT2D eigenvalue weighted by Gasteiger charge is -2.34. The summed E-state index contributed by atoms with van der Waals surface area (Å²) in [5.74, 6) is -1.22. The molecule has 4 atom stereocenters. The van der Waals surface area contributed by atoms with Gasteiger partial charge in [-0.3, -0.25) is 0 Å². The zero-order chi connectivity index (χ0) is 28.7. The van der Waals surface area contributed by atoms with Crippen LogP contribution in [0.15, 0.2) is 90.7 Å². The van der Waals surface area contributed by atoms with Gasteiger partial charge in [-0.2, -0.15) is 5.26 Å². The average Bonchev–Trinajstić information content (AvgIpc) is 3.22. The molecular formula is C32H31NO7. The van der Waals surface area contributed by atoms with Crippen molar-refractivity contribution in [2.75, 3.05) is 6.61 Å². The van der Waals surface area contributed by atoms with E-state index >= 15 is 0 Å². The van der Waals surface area contributed by atoms with Crippen molar-refractivity contribution in [1.29, 1.82) is 5.26 Å². The van der Waals surface area contributed by atoms with Gasteiger partial charge in [-0.1, -0.05) is 65.7 Å². The Morgan fingerprint density at radius 3 is 2.08 bits per heavy atom. The number of hydrogen-bond donors (Lipinski definition) is 1. The van der Waals surface area contributed by atoms with Crippen LogP contribution in [-0.4, -0.2) is 47.6 Å². The van der Waals surface area contributed by atoms with Gasteiger partial charge in [0.15, 0.2) is 5.60 Å². The van der Waals surface area contributed by atoms with E-state index in [-0.39, 0.29) is 18.8 Å². The number of hydrogen-bond acceptors (Lipinski definition) is 8. The number of rotatable bonds is 9. The Kier molecular flexibility index (Phi) is 9.00. The third-order valence-corrected chi connectivity index (χ3v) is 6.89. The molecule has 1 aliphatic rings. The lowest BCUT2D eigenvalue weighted by molar-refractivity contribution is -0.114. The van der Waals surface area contributed by atoms with Gasteiger partial charge >= 0.3 is 11.9 Å². The van der Waals surface area contributed by atoms with Crippen molar-refractivity contribution >= 4 is 11.9 Å². The number of carbonyl (C=O) groups excluding carboxylic acids is 2. The molecule has 2 unspecified atom stereocenters. The van der Waals surface area contributed by atoms with Crippen LogP contribution in [0.25, 0.3) is 0 Å². The van der Waals surface area contributed by atoms with E-state index in [4.69, 9.17) is 18.9 Å². The maximum absolute atomic E-state index is 13.3. The van der Waals surface area contributed by atoms with Gasteiger partial charge in [0.05, 0.1) is 29.6 Å². The molecule has 1 heterocycles. The van der Waals surface area contributed by atoms with Crippen LogP contribution in [0.5, 0.6) is 0 Å². The van der Waals surface area contributed by atoms with E-state index in [0.717, 1.165) is 16.7 Å². The maximum atomic E-state index is 13.3. The normalized spacial score (nSPS) is 22.4. The summed E-state index contributed by atoms with van der Waals surface area (Å²) in [4.78, 5) is 26.1. The summed E-state index contributed by atoms with van der Waals surface area (Å²) in [5, 5.41) is 19.5.